The minimum Gasteiger partial charge on any atom is -0.455 e. The Morgan fingerprint density at radius 3 is 2.55 bits per heavy atom. The largest absolute Gasteiger partial charge is 0.455 e. The van der Waals surface area contributed by atoms with Gasteiger partial charge in [0.1, 0.15) is 0 Å². The molecule has 6 nitrogen and oxygen atoms in total. The Balaban J connectivity index is 1.60. The number of aryl methyl sites for hydroxylation is 2. The van der Waals surface area contributed by atoms with E-state index in [1.807, 2.05) is 55.5 Å². The van der Waals surface area contributed by atoms with Crippen LogP contribution in [0.15, 0.2) is 48.5 Å². The highest BCUT2D eigenvalue weighted by Gasteiger charge is 2.24. The molecule has 1 unspecified atom stereocenters. The molecule has 0 saturated heterocycles. The fourth-order valence-electron chi connectivity index (χ4n) is 3.53. The summed E-state index contributed by atoms with van der Waals surface area (Å²) in [6.45, 7) is 3.68. The second-order valence-electron chi connectivity index (χ2n) is 7.31. The lowest BCUT2D eigenvalue weighted by Crippen LogP contribution is -2.38. The number of benzene rings is 2. The number of hydrogen-bond acceptors (Lipinski definition) is 4. The number of para-hydroxylation sites is 1. The van der Waals surface area contributed by atoms with Gasteiger partial charge in [-0.25, -0.2) is 0 Å². The number of nitrogens with one attached hydrogen (secondary N) is 1. The number of carbonyl (C=O) groups is 3. The number of rotatable bonds is 6. The van der Waals surface area contributed by atoms with Crippen molar-refractivity contribution in [3.63, 3.8) is 0 Å². The second-order valence-corrected chi connectivity index (χ2v) is 7.31. The number of hydrogen-bond donors (Lipinski definition) is 1. The molecule has 0 radical (unpaired) electrons. The lowest BCUT2D eigenvalue weighted by Gasteiger charge is -2.29. The van der Waals surface area contributed by atoms with Crippen LogP contribution in [0, 0.1) is 6.92 Å². The normalized spacial score (nSPS) is 13.9. The molecular formula is C23H26N2O4. The molecule has 3 rings (SSSR count). The zero-order valence-corrected chi connectivity index (χ0v) is 16.8. The van der Waals surface area contributed by atoms with Crippen molar-refractivity contribution in [2.75, 3.05) is 18.1 Å². The minimum absolute atomic E-state index is 0.0352. The molecule has 0 aliphatic carbocycles. The number of ether oxygens (including phenoxy) is 1. The molecule has 1 N–H and O–H groups in total. The maximum Gasteiger partial charge on any atom is 0.308 e. The smallest absolute Gasteiger partial charge is 0.308 e. The molecule has 0 bridgehead atoms. The van der Waals surface area contributed by atoms with Crippen LogP contribution in [0.2, 0.25) is 0 Å². The molecule has 1 aliphatic rings. The van der Waals surface area contributed by atoms with Gasteiger partial charge in [-0.3, -0.25) is 14.4 Å². The van der Waals surface area contributed by atoms with Crippen molar-refractivity contribution in [1.29, 1.82) is 0 Å². The van der Waals surface area contributed by atoms with Gasteiger partial charge < -0.3 is 15.0 Å². The first-order valence-electron chi connectivity index (χ1n) is 9.81. The van der Waals surface area contributed by atoms with Crippen molar-refractivity contribution < 1.29 is 19.1 Å². The van der Waals surface area contributed by atoms with Crippen molar-refractivity contribution >= 4 is 23.5 Å². The Bertz CT molecular complexity index is 892. The van der Waals surface area contributed by atoms with Gasteiger partial charge in [-0.05, 0) is 37.0 Å². The Hall–Kier alpha value is -3.15. The molecule has 1 heterocycles. The lowest BCUT2D eigenvalue weighted by molar-refractivity contribution is -0.148. The van der Waals surface area contributed by atoms with Crippen LogP contribution in [0.25, 0.3) is 0 Å². The Morgan fingerprint density at radius 2 is 1.83 bits per heavy atom. The van der Waals surface area contributed by atoms with Crippen molar-refractivity contribution in [1.82, 2.24) is 5.32 Å². The van der Waals surface area contributed by atoms with Crippen LogP contribution in [-0.4, -0.2) is 30.9 Å². The van der Waals surface area contributed by atoms with E-state index < -0.39 is 12.0 Å². The Morgan fingerprint density at radius 1 is 1.10 bits per heavy atom. The molecule has 1 aliphatic heterocycles. The molecule has 29 heavy (non-hydrogen) atoms. The van der Waals surface area contributed by atoms with Gasteiger partial charge in [0, 0.05) is 19.2 Å². The minimum atomic E-state index is -0.525. The van der Waals surface area contributed by atoms with Gasteiger partial charge in [0.05, 0.1) is 12.5 Å². The van der Waals surface area contributed by atoms with Gasteiger partial charge in [0.15, 0.2) is 6.61 Å². The molecular weight excluding hydrogens is 368 g/mol. The van der Waals surface area contributed by atoms with Crippen LogP contribution in [0.5, 0.6) is 0 Å². The van der Waals surface area contributed by atoms with E-state index in [1.54, 1.807) is 4.90 Å². The summed E-state index contributed by atoms with van der Waals surface area (Å²) in [6.07, 6.45) is 1.79. The van der Waals surface area contributed by atoms with Gasteiger partial charge in [-0.15, -0.1) is 0 Å². The summed E-state index contributed by atoms with van der Waals surface area (Å²) in [5.74, 6) is -0.996. The molecule has 152 valence electrons. The topological polar surface area (TPSA) is 75.7 Å². The van der Waals surface area contributed by atoms with Crippen molar-refractivity contribution in [3.8, 4) is 0 Å². The fraction of sp³-hybridized carbons (Fsp3) is 0.348. The van der Waals surface area contributed by atoms with Crippen LogP contribution in [0.3, 0.4) is 0 Å². The first kappa shape index (κ1) is 20.6. The summed E-state index contributed by atoms with van der Waals surface area (Å²) in [7, 11) is 0. The lowest BCUT2D eigenvalue weighted by atomic mass is 10.0. The third kappa shape index (κ3) is 5.44. The van der Waals surface area contributed by atoms with Gasteiger partial charge in [0.25, 0.3) is 5.91 Å². The number of carbonyl (C=O) groups excluding carboxylic acids is 3. The summed E-state index contributed by atoms with van der Waals surface area (Å²) < 4.78 is 5.25. The number of anilines is 1. The highest BCUT2D eigenvalue weighted by atomic mass is 16.5. The number of nitrogens with zero attached hydrogens (tertiary/aromatic N) is 1. The van der Waals surface area contributed by atoms with E-state index in [0.29, 0.717) is 6.54 Å². The Kier molecular flexibility index (Phi) is 6.65. The summed E-state index contributed by atoms with van der Waals surface area (Å²) in [4.78, 5) is 38.2. The number of esters is 1. The van der Waals surface area contributed by atoms with Crippen LogP contribution in [-0.2, 0) is 25.5 Å². The zero-order valence-electron chi connectivity index (χ0n) is 16.8. The van der Waals surface area contributed by atoms with E-state index in [1.165, 1.54) is 6.92 Å². The maximum atomic E-state index is 12.6. The molecule has 2 amide bonds. The quantitative estimate of drug-likeness (QED) is 0.764. The van der Waals surface area contributed by atoms with E-state index in [-0.39, 0.29) is 24.8 Å². The highest BCUT2D eigenvalue weighted by Crippen LogP contribution is 2.26. The van der Waals surface area contributed by atoms with Gasteiger partial charge in [-0.2, -0.15) is 0 Å². The average Bonchev–Trinajstić information content (AvgIpc) is 2.71. The summed E-state index contributed by atoms with van der Waals surface area (Å²) >= 11 is 0. The van der Waals surface area contributed by atoms with Gasteiger partial charge >= 0.3 is 5.97 Å². The first-order valence-corrected chi connectivity index (χ1v) is 9.81. The Labute approximate surface area is 170 Å². The predicted octanol–water partition coefficient (Wildman–Crippen LogP) is 3.08. The van der Waals surface area contributed by atoms with E-state index >= 15 is 0 Å². The monoisotopic (exact) mass is 394 g/mol. The molecule has 0 saturated carbocycles. The maximum absolute atomic E-state index is 12.6. The fourth-order valence-corrected chi connectivity index (χ4v) is 3.53. The summed E-state index contributed by atoms with van der Waals surface area (Å²) in [5.41, 5.74) is 3.92. The highest BCUT2D eigenvalue weighted by molar-refractivity contribution is 5.96. The van der Waals surface area contributed by atoms with Gasteiger partial charge in [-0.1, -0.05) is 48.0 Å². The van der Waals surface area contributed by atoms with Crippen LogP contribution >= 0.6 is 0 Å². The third-order valence-corrected chi connectivity index (χ3v) is 5.00. The number of fused-ring (bicyclic) bond motifs is 1. The molecule has 6 heteroatoms. The second kappa shape index (κ2) is 9.37. The zero-order chi connectivity index (χ0) is 20.8. The van der Waals surface area contributed by atoms with Crippen molar-refractivity contribution in [2.24, 2.45) is 0 Å². The third-order valence-electron chi connectivity index (χ3n) is 5.00. The van der Waals surface area contributed by atoms with Crippen LogP contribution in [0.1, 0.15) is 42.5 Å². The van der Waals surface area contributed by atoms with E-state index in [9.17, 15) is 14.4 Å². The van der Waals surface area contributed by atoms with Crippen LogP contribution < -0.4 is 10.2 Å². The molecule has 2 aromatic carbocycles. The SMILES string of the molecule is CC(=O)NC(CC(=O)OCC(=O)N1CCCc2ccccc21)c1ccc(C)cc1. The summed E-state index contributed by atoms with van der Waals surface area (Å²) in [5, 5.41) is 2.78. The molecule has 0 aromatic heterocycles. The summed E-state index contributed by atoms with van der Waals surface area (Å²) in [6, 6.07) is 14.9. The average molecular weight is 394 g/mol. The predicted molar refractivity (Wildman–Crippen MR) is 110 cm³/mol. The van der Waals surface area contributed by atoms with E-state index in [2.05, 4.69) is 5.32 Å². The number of amides is 2. The van der Waals surface area contributed by atoms with Crippen molar-refractivity contribution in [3.05, 3.63) is 65.2 Å². The van der Waals surface area contributed by atoms with Crippen molar-refractivity contribution in [2.45, 2.75) is 39.2 Å². The van der Waals surface area contributed by atoms with Gasteiger partial charge in [0.2, 0.25) is 5.91 Å². The first-order chi connectivity index (χ1) is 13.9. The van der Waals surface area contributed by atoms with Crippen LogP contribution in [0.4, 0.5) is 5.69 Å². The van der Waals surface area contributed by atoms with E-state index in [0.717, 1.165) is 35.2 Å². The molecule has 0 spiro atoms. The van der Waals surface area contributed by atoms with E-state index in [4.69, 9.17) is 4.74 Å². The molecule has 1 atom stereocenters. The standard InChI is InChI=1S/C23H26N2O4/c1-16-9-11-18(12-10-16)20(24-17(2)26)14-23(28)29-15-22(27)25-13-5-7-19-6-3-4-8-21(19)25/h3-4,6,8-12,20H,5,7,13-15H2,1-2H3,(H,24,26). The molecule has 0 fully saturated rings. The molecule has 2 aromatic rings.